The van der Waals surface area contributed by atoms with Crippen LogP contribution in [-0.2, 0) is 0 Å². The summed E-state index contributed by atoms with van der Waals surface area (Å²) in [7, 11) is 0. The first kappa shape index (κ1) is 15.0. The van der Waals surface area contributed by atoms with Crippen LogP contribution < -0.4 is 10.1 Å². The molecule has 0 radical (unpaired) electrons. The molecule has 1 aromatic heterocycles. The largest absolute Gasteiger partial charge is 0.489 e. The Kier molecular flexibility index (Phi) is 5.60. The Hall–Kier alpha value is -1.09. The van der Waals surface area contributed by atoms with E-state index in [1.165, 1.54) is 0 Å². The number of nitrogens with zero attached hydrogens (tertiary/aromatic N) is 1. The second-order valence-corrected chi connectivity index (χ2v) is 5.88. The van der Waals surface area contributed by atoms with Crippen molar-refractivity contribution in [2.24, 2.45) is 0 Å². The van der Waals surface area contributed by atoms with E-state index in [0.29, 0.717) is 0 Å². The molecule has 0 fully saturated rings. The Bertz CT molecular complexity index is 341. The number of aromatic nitrogens is 1. The summed E-state index contributed by atoms with van der Waals surface area (Å²) in [6.07, 6.45) is 4.20. The van der Waals surface area contributed by atoms with Crippen LogP contribution in [0.2, 0.25) is 0 Å². The van der Waals surface area contributed by atoms with Gasteiger partial charge in [0.1, 0.15) is 5.75 Å². The number of aryl methyl sites for hydroxylation is 1. The van der Waals surface area contributed by atoms with Gasteiger partial charge in [0.05, 0.1) is 12.3 Å². The standard InChI is InChI=1S/C15H26N2O/c1-12-8-9-14(11-16-12)18-13(2)7-6-10-17-15(3,4)5/h8-9,11,13,17H,6-7,10H2,1-5H3. The van der Waals surface area contributed by atoms with Gasteiger partial charge in [-0.1, -0.05) is 0 Å². The second-order valence-electron chi connectivity index (χ2n) is 5.88. The molecule has 3 heteroatoms. The topological polar surface area (TPSA) is 34.1 Å². The maximum absolute atomic E-state index is 5.81. The van der Waals surface area contributed by atoms with E-state index in [4.69, 9.17) is 4.74 Å². The highest BCUT2D eigenvalue weighted by atomic mass is 16.5. The van der Waals surface area contributed by atoms with Crippen LogP contribution in [-0.4, -0.2) is 23.2 Å². The van der Waals surface area contributed by atoms with Crippen molar-refractivity contribution in [3.63, 3.8) is 0 Å². The lowest BCUT2D eigenvalue weighted by Gasteiger charge is -2.21. The number of hydrogen-bond acceptors (Lipinski definition) is 3. The van der Waals surface area contributed by atoms with Crippen molar-refractivity contribution in [1.82, 2.24) is 10.3 Å². The lowest BCUT2D eigenvalue weighted by atomic mass is 10.1. The first-order chi connectivity index (χ1) is 8.37. The van der Waals surface area contributed by atoms with Gasteiger partial charge in [-0.2, -0.15) is 0 Å². The summed E-state index contributed by atoms with van der Waals surface area (Å²) in [5, 5.41) is 3.48. The summed E-state index contributed by atoms with van der Waals surface area (Å²) >= 11 is 0. The maximum Gasteiger partial charge on any atom is 0.138 e. The summed E-state index contributed by atoms with van der Waals surface area (Å²) in [6, 6.07) is 3.95. The van der Waals surface area contributed by atoms with Gasteiger partial charge in [0.2, 0.25) is 0 Å². The molecular weight excluding hydrogens is 224 g/mol. The van der Waals surface area contributed by atoms with E-state index in [9.17, 15) is 0 Å². The van der Waals surface area contributed by atoms with Crippen LogP contribution in [0.5, 0.6) is 5.75 Å². The van der Waals surface area contributed by atoms with Crippen LogP contribution in [0.1, 0.15) is 46.2 Å². The molecule has 0 spiro atoms. The Morgan fingerprint density at radius 1 is 1.33 bits per heavy atom. The normalized spacial score (nSPS) is 13.4. The van der Waals surface area contributed by atoms with E-state index in [1.807, 2.05) is 19.1 Å². The third kappa shape index (κ3) is 6.60. The Balaban J connectivity index is 2.21. The minimum atomic E-state index is 0.199. The van der Waals surface area contributed by atoms with Gasteiger partial charge in [-0.15, -0.1) is 0 Å². The summed E-state index contributed by atoms with van der Waals surface area (Å²) in [6.45, 7) is 11.7. The minimum absolute atomic E-state index is 0.199. The monoisotopic (exact) mass is 250 g/mol. The molecule has 1 atom stereocenters. The van der Waals surface area contributed by atoms with Crippen molar-refractivity contribution in [3.05, 3.63) is 24.0 Å². The molecule has 0 aliphatic heterocycles. The molecule has 0 amide bonds. The number of rotatable bonds is 6. The Labute approximate surface area is 111 Å². The van der Waals surface area contributed by atoms with Gasteiger partial charge < -0.3 is 10.1 Å². The Morgan fingerprint density at radius 3 is 2.61 bits per heavy atom. The first-order valence-corrected chi connectivity index (χ1v) is 6.71. The summed E-state index contributed by atoms with van der Waals surface area (Å²) in [5.41, 5.74) is 1.22. The fraction of sp³-hybridized carbons (Fsp3) is 0.667. The highest BCUT2D eigenvalue weighted by Gasteiger charge is 2.09. The lowest BCUT2D eigenvalue weighted by Crippen LogP contribution is -2.36. The highest BCUT2D eigenvalue weighted by Crippen LogP contribution is 2.13. The lowest BCUT2D eigenvalue weighted by molar-refractivity contribution is 0.205. The van der Waals surface area contributed by atoms with Crippen molar-refractivity contribution >= 4 is 0 Å². The van der Waals surface area contributed by atoms with Crippen molar-refractivity contribution in [3.8, 4) is 5.75 Å². The van der Waals surface area contributed by atoms with Crippen molar-refractivity contribution in [2.75, 3.05) is 6.54 Å². The first-order valence-electron chi connectivity index (χ1n) is 6.71. The fourth-order valence-corrected chi connectivity index (χ4v) is 1.67. The van der Waals surface area contributed by atoms with Crippen molar-refractivity contribution in [1.29, 1.82) is 0 Å². The van der Waals surface area contributed by atoms with Gasteiger partial charge in [0.15, 0.2) is 0 Å². The van der Waals surface area contributed by atoms with Crippen LogP contribution in [0.15, 0.2) is 18.3 Å². The van der Waals surface area contributed by atoms with Gasteiger partial charge in [0, 0.05) is 11.2 Å². The number of pyridine rings is 1. The third-order valence-electron chi connectivity index (χ3n) is 2.66. The zero-order valence-electron chi connectivity index (χ0n) is 12.3. The van der Waals surface area contributed by atoms with Crippen molar-refractivity contribution < 1.29 is 4.74 Å². The molecule has 1 aromatic rings. The number of nitrogens with one attached hydrogen (secondary N) is 1. The molecule has 18 heavy (non-hydrogen) atoms. The molecule has 0 saturated heterocycles. The molecule has 102 valence electrons. The van der Waals surface area contributed by atoms with E-state index < -0.39 is 0 Å². The van der Waals surface area contributed by atoms with Crippen LogP contribution in [0.25, 0.3) is 0 Å². The molecule has 1 unspecified atom stereocenters. The zero-order chi connectivity index (χ0) is 13.6. The molecule has 1 N–H and O–H groups in total. The van der Waals surface area contributed by atoms with Gasteiger partial charge in [0.25, 0.3) is 0 Å². The van der Waals surface area contributed by atoms with Gasteiger partial charge in [-0.05, 0) is 66.1 Å². The molecule has 3 nitrogen and oxygen atoms in total. The summed E-state index contributed by atoms with van der Waals surface area (Å²) in [4.78, 5) is 4.22. The van der Waals surface area contributed by atoms with Crippen LogP contribution >= 0.6 is 0 Å². The highest BCUT2D eigenvalue weighted by molar-refractivity contribution is 5.19. The van der Waals surface area contributed by atoms with Gasteiger partial charge in [-0.25, -0.2) is 0 Å². The van der Waals surface area contributed by atoms with E-state index in [1.54, 1.807) is 6.20 Å². The molecule has 0 aromatic carbocycles. The smallest absolute Gasteiger partial charge is 0.138 e. The molecule has 0 saturated carbocycles. The molecular formula is C15H26N2O. The number of hydrogen-bond donors (Lipinski definition) is 1. The molecule has 1 rings (SSSR count). The zero-order valence-corrected chi connectivity index (χ0v) is 12.3. The van der Waals surface area contributed by atoms with Crippen LogP contribution in [0.3, 0.4) is 0 Å². The SMILES string of the molecule is Cc1ccc(OC(C)CCCNC(C)(C)C)cn1. The predicted octanol–water partition coefficient (Wildman–Crippen LogP) is 3.33. The predicted molar refractivity (Wildman–Crippen MR) is 76.1 cm³/mol. The molecule has 0 bridgehead atoms. The molecule has 0 aliphatic rings. The minimum Gasteiger partial charge on any atom is -0.489 e. The quantitative estimate of drug-likeness (QED) is 0.786. The van der Waals surface area contributed by atoms with E-state index >= 15 is 0 Å². The molecule has 1 heterocycles. The average molecular weight is 250 g/mol. The third-order valence-corrected chi connectivity index (χ3v) is 2.66. The summed E-state index contributed by atoms with van der Waals surface area (Å²) < 4.78 is 5.81. The number of ether oxygens (including phenoxy) is 1. The van der Waals surface area contributed by atoms with E-state index in [-0.39, 0.29) is 11.6 Å². The van der Waals surface area contributed by atoms with Gasteiger partial charge in [-0.3, -0.25) is 4.98 Å². The fourth-order valence-electron chi connectivity index (χ4n) is 1.67. The average Bonchev–Trinajstić information content (AvgIpc) is 2.26. The summed E-state index contributed by atoms with van der Waals surface area (Å²) in [5.74, 6) is 0.858. The van der Waals surface area contributed by atoms with Crippen LogP contribution in [0, 0.1) is 6.92 Å². The second kappa shape index (κ2) is 6.74. The maximum atomic E-state index is 5.81. The van der Waals surface area contributed by atoms with E-state index in [0.717, 1.165) is 30.8 Å². The van der Waals surface area contributed by atoms with Gasteiger partial charge >= 0.3 is 0 Å². The molecule has 0 aliphatic carbocycles. The van der Waals surface area contributed by atoms with Crippen LogP contribution in [0.4, 0.5) is 0 Å². The van der Waals surface area contributed by atoms with Crippen molar-refractivity contribution in [2.45, 2.75) is 59.1 Å². The van der Waals surface area contributed by atoms with E-state index in [2.05, 4.69) is 38.0 Å². The Morgan fingerprint density at radius 2 is 2.06 bits per heavy atom.